The second kappa shape index (κ2) is 15.4. The highest BCUT2D eigenvalue weighted by atomic mass is 16.4. The van der Waals surface area contributed by atoms with Crippen LogP contribution in [0.1, 0.15) is 32.6 Å². The van der Waals surface area contributed by atoms with E-state index in [1.165, 1.54) is 6.92 Å². The zero-order valence-electron chi connectivity index (χ0n) is 18.6. The molecule has 0 aromatic carbocycles. The molecule has 0 aliphatic rings. The lowest BCUT2D eigenvalue weighted by Gasteiger charge is -2.24. The SMILES string of the molecule is CC(O)C(N)C(=O)NC(CO)C(=O)NC(CCCN=C(N)N)C(=O)NC(CCC(=O)O)C(=O)O. The van der Waals surface area contributed by atoms with E-state index in [2.05, 4.69) is 20.9 Å². The number of carbonyl (C=O) groups excluding carboxylic acids is 3. The summed E-state index contributed by atoms with van der Waals surface area (Å²) in [6.07, 6.45) is -2.07. The summed E-state index contributed by atoms with van der Waals surface area (Å²) < 4.78 is 0. The fourth-order valence-electron chi connectivity index (χ4n) is 2.52. The Labute approximate surface area is 194 Å². The van der Waals surface area contributed by atoms with Crippen molar-refractivity contribution in [3.05, 3.63) is 0 Å². The Bertz CT molecular complexity index is 756. The number of nitrogens with one attached hydrogen (secondary N) is 3. The number of carboxylic acids is 2. The van der Waals surface area contributed by atoms with Crippen molar-refractivity contribution < 1.29 is 44.4 Å². The predicted molar refractivity (Wildman–Crippen MR) is 117 cm³/mol. The van der Waals surface area contributed by atoms with Crippen LogP contribution in [0.3, 0.4) is 0 Å². The van der Waals surface area contributed by atoms with Gasteiger partial charge in [-0.05, 0) is 26.2 Å². The molecule has 3 amide bonds. The molecule has 16 nitrogen and oxygen atoms in total. The lowest BCUT2D eigenvalue weighted by Crippen LogP contribution is -2.59. The van der Waals surface area contributed by atoms with Crippen molar-refractivity contribution in [3.63, 3.8) is 0 Å². The molecule has 0 radical (unpaired) electrons. The van der Waals surface area contributed by atoms with E-state index >= 15 is 0 Å². The first kappa shape index (κ1) is 30.5. The zero-order chi connectivity index (χ0) is 26.4. The molecular weight excluding hydrogens is 458 g/mol. The van der Waals surface area contributed by atoms with Gasteiger partial charge in [-0.1, -0.05) is 0 Å². The van der Waals surface area contributed by atoms with Crippen molar-refractivity contribution in [3.8, 4) is 0 Å². The van der Waals surface area contributed by atoms with Gasteiger partial charge in [0.25, 0.3) is 0 Å². The Morgan fingerprint density at radius 3 is 1.88 bits per heavy atom. The quantitative estimate of drug-likeness (QED) is 0.0552. The molecule has 0 aromatic heterocycles. The van der Waals surface area contributed by atoms with Crippen LogP contribution in [-0.4, -0.2) is 99.5 Å². The van der Waals surface area contributed by atoms with Crippen LogP contribution in [0.4, 0.5) is 0 Å². The minimum absolute atomic E-state index is 0.0705. The fourth-order valence-corrected chi connectivity index (χ4v) is 2.52. The number of rotatable bonds is 16. The number of nitrogens with two attached hydrogens (primary N) is 3. The van der Waals surface area contributed by atoms with E-state index in [0.717, 1.165) is 0 Å². The van der Waals surface area contributed by atoms with Gasteiger partial charge in [0.05, 0.1) is 12.7 Å². The van der Waals surface area contributed by atoms with Crippen molar-refractivity contribution >= 4 is 35.6 Å². The van der Waals surface area contributed by atoms with E-state index in [0.29, 0.717) is 0 Å². The van der Waals surface area contributed by atoms with Gasteiger partial charge in [-0.3, -0.25) is 24.2 Å². The first-order chi connectivity index (χ1) is 15.8. The predicted octanol–water partition coefficient (Wildman–Crippen LogP) is -4.86. The fraction of sp³-hybridized carbons (Fsp3) is 0.667. The third-order valence-corrected chi connectivity index (χ3v) is 4.48. The minimum atomic E-state index is -1.54. The third-order valence-electron chi connectivity index (χ3n) is 4.48. The largest absolute Gasteiger partial charge is 0.481 e. The van der Waals surface area contributed by atoms with Crippen LogP contribution >= 0.6 is 0 Å². The number of carboxylic acid groups (broad SMARTS) is 2. The van der Waals surface area contributed by atoms with Crippen molar-refractivity contribution in [2.75, 3.05) is 13.2 Å². The number of aliphatic hydroxyl groups is 2. The Morgan fingerprint density at radius 1 is 0.882 bits per heavy atom. The molecule has 0 aromatic rings. The Hall–Kier alpha value is -3.50. The summed E-state index contributed by atoms with van der Waals surface area (Å²) in [6.45, 7) is 0.452. The molecule has 0 fully saturated rings. The molecular formula is C18H33N7O9. The van der Waals surface area contributed by atoms with Gasteiger partial charge >= 0.3 is 11.9 Å². The lowest BCUT2D eigenvalue weighted by molar-refractivity contribution is -0.143. The molecule has 0 bridgehead atoms. The lowest BCUT2D eigenvalue weighted by atomic mass is 10.1. The van der Waals surface area contributed by atoms with Gasteiger partial charge in [0.15, 0.2) is 5.96 Å². The number of amides is 3. The normalized spacial score (nSPS) is 15.1. The van der Waals surface area contributed by atoms with Crippen LogP contribution in [0.5, 0.6) is 0 Å². The van der Waals surface area contributed by atoms with E-state index in [1.54, 1.807) is 0 Å². The van der Waals surface area contributed by atoms with E-state index in [4.69, 9.17) is 22.3 Å². The van der Waals surface area contributed by atoms with Crippen LogP contribution in [0, 0.1) is 0 Å². The van der Waals surface area contributed by atoms with Crippen LogP contribution < -0.4 is 33.2 Å². The van der Waals surface area contributed by atoms with Crippen LogP contribution in [0.15, 0.2) is 4.99 Å². The van der Waals surface area contributed by atoms with E-state index in [-0.39, 0.29) is 25.3 Å². The average Bonchev–Trinajstić information content (AvgIpc) is 2.75. The maximum absolute atomic E-state index is 12.7. The summed E-state index contributed by atoms with van der Waals surface area (Å²) in [7, 11) is 0. The molecule has 13 N–H and O–H groups in total. The molecule has 0 rings (SSSR count). The molecule has 0 heterocycles. The number of hydrogen-bond donors (Lipinski definition) is 10. The summed E-state index contributed by atoms with van der Waals surface area (Å²) in [5.41, 5.74) is 15.9. The molecule has 0 aliphatic carbocycles. The van der Waals surface area contributed by atoms with Crippen LogP contribution in [-0.2, 0) is 24.0 Å². The first-order valence-corrected chi connectivity index (χ1v) is 10.3. The van der Waals surface area contributed by atoms with Crippen LogP contribution in [0.2, 0.25) is 0 Å². The number of hydrogen-bond acceptors (Lipinski definition) is 9. The molecule has 0 saturated carbocycles. The maximum atomic E-state index is 12.7. The topological polar surface area (TPSA) is 293 Å². The summed E-state index contributed by atoms with van der Waals surface area (Å²) in [6, 6.07) is -5.80. The molecule has 0 saturated heterocycles. The molecule has 16 heteroatoms. The molecule has 194 valence electrons. The van der Waals surface area contributed by atoms with Gasteiger partial charge in [-0.25, -0.2) is 4.79 Å². The molecule has 34 heavy (non-hydrogen) atoms. The van der Waals surface area contributed by atoms with Crippen molar-refractivity contribution in [2.24, 2.45) is 22.2 Å². The monoisotopic (exact) mass is 491 g/mol. The summed E-state index contributed by atoms with van der Waals surface area (Å²) >= 11 is 0. The Morgan fingerprint density at radius 2 is 1.41 bits per heavy atom. The second-order valence-electron chi connectivity index (χ2n) is 7.35. The number of guanidine groups is 1. The highest BCUT2D eigenvalue weighted by Crippen LogP contribution is 2.04. The number of nitrogens with zero attached hydrogens (tertiary/aromatic N) is 1. The Balaban J connectivity index is 5.44. The third kappa shape index (κ3) is 11.9. The maximum Gasteiger partial charge on any atom is 0.326 e. The number of carbonyl (C=O) groups is 5. The Kier molecular flexibility index (Phi) is 13.8. The summed E-state index contributed by atoms with van der Waals surface area (Å²) in [4.78, 5) is 63.0. The second-order valence-corrected chi connectivity index (χ2v) is 7.35. The molecule has 5 atom stereocenters. The van der Waals surface area contributed by atoms with Crippen LogP contribution in [0.25, 0.3) is 0 Å². The van der Waals surface area contributed by atoms with Gasteiger partial charge in [-0.15, -0.1) is 0 Å². The number of aliphatic carboxylic acids is 2. The van der Waals surface area contributed by atoms with Gasteiger partial charge in [0.2, 0.25) is 17.7 Å². The van der Waals surface area contributed by atoms with E-state index in [9.17, 15) is 39.3 Å². The van der Waals surface area contributed by atoms with E-state index in [1.807, 2.05) is 0 Å². The molecule has 5 unspecified atom stereocenters. The molecule has 0 aliphatic heterocycles. The van der Waals surface area contributed by atoms with Crippen molar-refractivity contribution in [1.29, 1.82) is 0 Å². The van der Waals surface area contributed by atoms with Gasteiger partial charge < -0.3 is 53.6 Å². The highest BCUT2D eigenvalue weighted by Gasteiger charge is 2.30. The molecule has 0 spiro atoms. The standard InChI is InChI=1S/C18H33N7O9/c1-8(27)13(19)16(32)25-11(7-26)15(31)23-9(3-2-6-22-18(20)21)14(30)24-10(17(33)34)4-5-12(28)29/h8-11,13,26-27H,2-7,19H2,1H3,(H,23,31)(H,24,30)(H,25,32)(H,28,29)(H,33,34)(H4,20,21,22). The van der Waals surface area contributed by atoms with Gasteiger partial charge in [0, 0.05) is 13.0 Å². The first-order valence-electron chi connectivity index (χ1n) is 10.3. The van der Waals surface area contributed by atoms with Crippen molar-refractivity contribution in [1.82, 2.24) is 16.0 Å². The van der Waals surface area contributed by atoms with E-state index < -0.39 is 79.4 Å². The van der Waals surface area contributed by atoms with Gasteiger partial charge in [-0.2, -0.15) is 0 Å². The number of aliphatic hydroxyl groups excluding tert-OH is 2. The number of aliphatic imine (C=N–C) groups is 1. The average molecular weight is 492 g/mol. The smallest absolute Gasteiger partial charge is 0.326 e. The minimum Gasteiger partial charge on any atom is -0.481 e. The van der Waals surface area contributed by atoms with Gasteiger partial charge in [0.1, 0.15) is 24.2 Å². The van der Waals surface area contributed by atoms with Crippen molar-refractivity contribution in [2.45, 2.75) is 62.9 Å². The summed E-state index contributed by atoms with van der Waals surface area (Å²) in [5.74, 6) is -5.82. The summed E-state index contributed by atoms with van der Waals surface area (Å²) in [5, 5.41) is 43.4. The zero-order valence-corrected chi connectivity index (χ0v) is 18.6. The highest BCUT2D eigenvalue weighted by molar-refractivity contribution is 5.94.